The fourth-order valence-electron chi connectivity index (χ4n) is 3.85. The Balaban J connectivity index is 1.68. The van der Waals surface area contributed by atoms with E-state index >= 15 is 0 Å². The largest absolute Gasteiger partial charge is 0.380 e. The van der Waals surface area contributed by atoms with Gasteiger partial charge in [-0.1, -0.05) is 30.7 Å². The first-order valence-electron chi connectivity index (χ1n) is 8.54. The van der Waals surface area contributed by atoms with E-state index in [1.165, 1.54) is 12.1 Å². The van der Waals surface area contributed by atoms with E-state index in [-0.39, 0.29) is 23.6 Å². The van der Waals surface area contributed by atoms with Crippen LogP contribution in [-0.2, 0) is 11.3 Å². The third kappa shape index (κ3) is 2.84. The molecule has 0 radical (unpaired) electrons. The zero-order valence-corrected chi connectivity index (χ0v) is 13.7. The maximum Gasteiger partial charge on any atom is 0.269 e. The van der Waals surface area contributed by atoms with Gasteiger partial charge in [0.25, 0.3) is 5.69 Å². The smallest absolute Gasteiger partial charge is 0.269 e. The fraction of sp³-hybridized carbons (Fsp3) is 0.316. The van der Waals surface area contributed by atoms with Crippen LogP contribution in [0.3, 0.4) is 0 Å². The zero-order chi connectivity index (χ0) is 17.4. The molecule has 2 aromatic carbocycles. The molecule has 0 spiro atoms. The molecule has 2 aliphatic rings. The van der Waals surface area contributed by atoms with Crippen LogP contribution >= 0.6 is 0 Å². The van der Waals surface area contributed by atoms with Crippen molar-refractivity contribution in [2.45, 2.75) is 31.8 Å². The first-order valence-corrected chi connectivity index (χ1v) is 8.54. The molecular weight excluding hydrogens is 318 g/mol. The van der Waals surface area contributed by atoms with Gasteiger partial charge in [0, 0.05) is 18.2 Å². The summed E-state index contributed by atoms with van der Waals surface area (Å²) in [5.41, 5.74) is 2.79. The summed E-state index contributed by atoms with van der Waals surface area (Å²) in [7, 11) is 0. The molecule has 6 nitrogen and oxygen atoms in total. The first kappa shape index (κ1) is 15.6. The van der Waals surface area contributed by atoms with E-state index < -0.39 is 4.92 Å². The van der Waals surface area contributed by atoms with Crippen molar-refractivity contribution >= 4 is 23.0 Å². The molecule has 0 saturated heterocycles. The van der Waals surface area contributed by atoms with Gasteiger partial charge >= 0.3 is 0 Å². The number of rotatable bonds is 3. The fourth-order valence-corrected chi connectivity index (χ4v) is 3.85. The normalized spacial score (nSPS) is 21.9. The second-order valence-electron chi connectivity index (χ2n) is 6.65. The summed E-state index contributed by atoms with van der Waals surface area (Å²) < 4.78 is 0. The van der Waals surface area contributed by atoms with Crippen LogP contribution < -0.4 is 10.2 Å². The molecule has 1 amide bonds. The molecule has 25 heavy (non-hydrogen) atoms. The summed E-state index contributed by atoms with van der Waals surface area (Å²) in [6.45, 7) is 0.415. The van der Waals surface area contributed by atoms with Crippen LogP contribution in [0.4, 0.5) is 17.1 Å². The number of nitrogens with zero attached hydrogens (tertiary/aromatic N) is 2. The molecule has 1 heterocycles. The van der Waals surface area contributed by atoms with Gasteiger partial charge in [-0.25, -0.2) is 0 Å². The molecule has 128 valence electrons. The van der Waals surface area contributed by atoms with Crippen molar-refractivity contribution in [3.8, 4) is 0 Å². The van der Waals surface area contributed by atoms with E-state index in [9.17, 15) is 14.9 Å². The molecule has 0 bridgehead atoms. The minimum Gasteiger partial charge on any atom is -0.380 e. The monoisotopic (exact) mass is 337 g/mol. The van der Waals surface area contributed by atoms with Crippen molar-refractivity contribution in [2.75, 3.05) is 10.2 Å². The van der Waals surface area contributed by atoms with Crippen LogP contribution in [0.1, 0.15) is 24.8 Å². The van der Waals surface area contributed by atoms with Gasteiger partial charge in [-0.3, -0.25) is 14.9 Å². The van der Waals surface area contributed by atoms with Gasteiger partial charge in [-0.2, -0.15) is 0 Å². The summed E-state index contributed by atoms with van der Waals surface area (Å²) in [5.74, 6) is 0.128. The van der Waals surface area contributed by atoms with E-state index in [1.807, 2.05) is 29.2 Å². The highest BCUT2D eigenvalue weighted by Crippen LogP contribution is 2.39. The highest BCUT2D eigenvalue weighted by Gasteiger charge is 2.39. The molecule has 1 fully saturated rings. The molecule has 1 N–H and O–H groups in total. The number of para-hydroxylation sites is 2. The maximum absolute atomic E-state index is 13.1. The van der Waals surface area contributed by atoms with Crippen LogP contribution in [-0.4, -0.2) is 16.9 Å². The Bertz CT molecular complexity index is 819. The number of nitrogens with one attached hydrogen (secondary N) is 1. The summed E-state index contributed by atoms with van der Waals surface area (Å²) in [6.07, 6.45) is 2.97. The minimum atomic E-state index is -0.413. The Morgan fingerprint density at radius 1 is 1.12 bits per heavy atom. The van der Waals surface area contributed by atoms with E-state index in [1.54, 1.807) is 12.1 Å². The van der Waals surface area contributed by atoms with Crippen molar-refractivity contribution < 1.29 is 9.72 Å². The van der Waals surface area contributed by atoms with Crippen LogP contribution in [0, 0.1) is 16.0 Å². The molecule has 1 saturated carbocycles. The van der Waals surface area contributed by atoms with Gasteiger partial charge in [-0.05, 0) is 30.5 Å². The quantitative estimate of drug-likeness (QED) is 0.684. The number of nitro benzene ring substituents is 1. The van der Waals surface area contributed by atoms with Crippen LogP contribution in [0.5, 0.6) is 0 Å². The van der Waals surface area contributed by atoms with Gasteiger partial charge < -0.3 is 10.2 Å². The van der Waals surface area contributed by atoms with Crippen molar-refractivity contribution in [3.63, 3.8) is 0 Å². The molecule has 2 unspecified atom stereocenters. The number of benzene rings is 2. The SMILES string of the molecule is O=C1C2CCCC2Nc2ccccc2N1Cc1ccc([N+](=O)[O-])cc1. The zero-order valence-electron chi connectivity index (χ0n) is 13.7. The molecule has 1 aliphatic carbocycles. The number of anilines is 2. The number of carbonyl (C=O) groups excluding carboxylic acids is 1. The van der Waals surface area contributed by atoms with E-state index in [0.29, 0.717) is 6.54 Å². The van der Waals surface area contributed by atoms with Crippen molar-refractivity contribution in [2.24, 2.45) is 5.92 Å². The van der Waals surface area contributed by atoms with Gasteiger partial charge in [0.1, 0.15) is 0 Å². The molecule has 1 aliphatic heterocycles. The highest BCUT2D eigenvalue weighted by molar-refractivity contribution is 6.00. The molecule has 2 atom stereocenters. The summed E-state index contributed by atoms with van der Waals surface area (Å²) in [6, 6.07) is 14.5. The van der Waals surface area contributed by atoms with Gasteiger partial charge in [0.15, 0.2) is 0 Å². The van der Waals surface area contributed by atoms with Crippen LogP contribution in [0.25, 0.3) is 0 Å². The second-order valence-corrected chi connectivity index (χ2v) is 6.65. The van der Waals surface area contributed by atoms with Gasteiger partial charge in [0.05, 0.1) is 28.8 Å². The van der Waals surface area contributed by atoms with Crippen molar-refractivity contribution in [1.29, 1.82) is 0 Å². The molecular formula is C19H19N3O3. The van der Waals surface area contributed by atoms with E-state index in [2.05, 4.69) is 5.32 Å². The number of hydrogen-bond donors (Lipinski definition) is 1. The standard InChI is InChI=1S/C19H19N3O3/c23-19-15-4-3-6-16(15)20-17-5-1-2-7-18(17)21(19)12-13-8-10-14(11-9-13)22(24)25/h1-2,5,7-11,15-16,20H,3-4,6,12H2. The number of amides is 1. The third-order valence-electron chi connectivity index (χ3n) is 5.12. The highest BCUT2D eigenvalue weighted by atomic mass is 16.6. The average molecular weight is 337 g/mol. The lowest BCUT2D eigenvalue weighted by atomic mass is 10.0. The lowest BCUT2D eigenvalue weighted by molar-refractivity contribution is -0.384. The maximum atomic E-state index is 13.1. The molecule has 4 rings (SSSR count). The Morgan fingerprint density at radius 2 is 1.88 bits per heavy atom. The number of carbonyl (C=O) groups is 1. The Morgan fingerprint density at radius 3 is 2.64 bits per heavy atom. The molecule has 2 aromatic rings. The topological polar surface area (TPSA) is 75.5 Å². The molecule has 6 heteroatoms. The Kier molecular flexibility index (Phi) is 3.87. The number of hydrogen-bond acceptors (Lipinski definition) is 4. The van der Waals surface area contributed by atoms with E-state index in [0.717, 1.165) is 36.2 Å². The predicted octanol–water partition coefficient (Wildman–Crippen LogP) is 3.72. The van der Waals surface area contributed by atoms with E-state index in [4.69, 9.17) is 0 Å². The van der Waals surface area contributed by atoms with Crippen LogP contribution in [0.15, 0.2) is 48.5 Å². The minimum absolute atomic E-state index is 0.00884. The van der Waals surface area contributed by atoms with Crippen molar-refractivity contribution in [1.82, 2.24) is 0 Å². The number of nitro groups is 1. The van der Waals surface area contributed by atoms with Crippen molar-refractivity contribution in [3.05, 3.63) is 64.2 Å². The molecule has 0 aromatic heterocycles. The summed E-state index contributed by atoms with van der Waals surface area (Å²) in [5, 5.41) is 14.4. The van der Waals surface area contributed by atoms with Gasteiger partial charge in [-0.15, -0.1) is 0 Å². The van der Waals surface area contributed by atoms with Crippen LogP contribution in [0.2, 0.25) is 0 Å². The lowest BCUT2D eigenvalue weighted by Gasteiger charge is -2.25. The summed E-state index contributed by atoms with van der Waals surface area (Å²) in [4.78, 5) is 25.4. The summed E-state index contributed by atoms with van der Waals surface area (Å²) >= 11 is 0. The second kappa shape index (κ2) is 6.20. The third-order valence-corrected chi connectivity index (χ3v) is 5.12. The lowest BCUT2D eigenvalue weighted by Crippen LogP contribution is -2.38. The van der Waals surface area contributed by atoms with Gasteiger partial charge in [0.2, 0.25) is 5.91 Å². The Hall–Kier alpha value is -2.89. The number of fused-ring (bicyclic) bond motifs is 2. The first-order chi connectivity index (χ1) is 12.1. The Labute approximate surface area is 145 Å². The average Bonchev–Trinajstić information content (AvgIpc) is 3.04. The number of non-ortho nitro benzene ring substituents is 1. The predicted molar refractivity (Wildman–Crippen MR) is 95.5 cm³/mol.